The largest absolute Gasteiger partial charge is 0.372 e. The molecule has 0 bridgehead atoms. The lowest BCUT2D eigenvalue weighted by Gasteiger charge is -2.21. The molecule has 31 heavy (non-hydrogen) atoms. The topological polar surface area (TPSA) is 85.1 Å². The summed E-state index contributed by atoms with van der Waals surface area (Å²) in [6.07, 6.45) is 2.87. The van der Waals surface area contributed by atoms with Gasteiger partial charge in [-0.05, 0) is 50.2 Å². The van der Waals surface area contributed by atoms with Crippen LogP contribution in [0.15, 0.2) is 71.9 Å². The summed E-state index contributed by atoms with van der Waals surface area (Å²) in [7, 11) is 0. The van der Waals surface area contributed by atoms with E-state index in [1.807, 2.05) is 54.6 Å². The number of carbonyl (C=O) groups is 1. The standard InChI is InChI=1S/C23H24N6O2/c1-3-27(4-2)18-12-10-17(11-13-18)26-21(30)15-28-16-24-22-20(23(28)31)14-25-29(22)19-8-6-5-7-9-19/h5-14,16H,3-4,15H2,1-2H3,(H,26,30). The minimum atomic E-state index is -0.306. The van der Waals surface area contributed by atoms with Crippen molar-refractivity contribution < 1.29 is 4.79 Å². The van der Waals surface area contributed by atoms with Crippen LogP contribution in [0, 0.1) is 0 Å². The van der Waals surface area contributed by atoms with Gasteiger partial charge in [-0.3, -0.25) is 14.2 Å². The number of benzene rings is 2. The minimum Gasteiger partial charge on any atom is -0.372 e. The maximum Gasteiger partial charge on any atom is 0.264 e. The lowest BCUT2D eigenvalue weighted by molar-refractivity contribution is -0.116. The maximum absolute atomic E-state index is 12.8. The van der Waals surface area contributed by atoms with Gasteiger partial charge in [0.1, 0.15) is 18.3 Å². The van der Waals surface area contributed by atoms with Crippen LogP contribution < -0.4 is 15.8 Å². The van der Waals surface area contributed by atoms with E-state index in [0.717, 1.165) is 24.5 Å². The van der Waals surface area contributed by atoms with Crippen LogP contribution in [0.1, 0.15) is 13.8 Å². The summed E-state index contributed by atoms with van der Waals surface area (Å²) in [6, 6.07) is 17.1. The van der Waals surface area contributed by atoms with Crippen LogP contribution in [0.2, 0.25) is 0 Å². The van der Waals surface area contributed by atoms with Crippen LogP contribution in [0.3, 0.4) is 0 Å². The molecule has 0 aliphatic carbocycles. The third-order valence-corrected chi connectivity index (χ3v) is 5.15. The first-order chi connectivity index (χ1) is 15.1. The van der Waals surface area contributed by atoms with Crippen LogP contribution in [-0.4, -0.2) is 38.3 Å². The number of fused-ring (bicyclic) bond motifs is 1. The van der Waals surface area contributed by atoms with E-state index in [9.17, 15) is 9.59 Å². The van der Waals surface area contributed by atoms with Gasteiger partial charge in [0.25, 0.3) is 5.56 Å². The van der Waals surface area contributed by atoms with Crippen molar-refractivity contribution in [1.82, 2.24) is 19.3 Å². The predicted molar refractivity (Wildman–Crippen MR) is 122 cm³/mol. The molecule has 0 fully saturated rings. The fourth-order valence-electron chi connectivity index (χ4n) is 3.52. The highest BCUT2D eigenvalue weighted by Crippen LogP contribution is 2.18. The molecule has 0 saturated carbocycles. The van der Waals surface area contributed by atoms with Gasteiger partial charge < -0.3 is 10.2 Å². The van der Waals surface area contributed by atoms with Gasteiger partial charge in [-0.25, -0.2) is 9.67 Å². The number of amides is 1. The van der Waals surface area contributed by atoms with Crippen molar-refractivity contribution in [2.75, 3.05) is 23.3 Å². The zero-order valence-electron chi connectivity index (χ0n) is 17.5. The summed E-state index contributed by atoms with van der Waals surface area (Å²) in [5.41, 5.74) is 2.75. The second-order valence-electron chi connectivity index (χ2n) is 7.07. The van der Waals surface area contributed by atoms with Gasteiger partial charge in [0.15, 0.2) is 5.65 Å². The van der Waals surface area contributed by atoms with E-state index in [-0.39, 0.29) is 18.0 Å². The first-order valence-corrected chi connectivity index (χ1v) is 10.2. The molecule has 158 valence electrons. The van der Waals surface area contributed by atoms with Crippen molar-refractivity contribution in [2.45, 2.75) is 20.4 Å². The highest BCUT2D eigenvalue weighted by atomic mass is 16.2. The van der Waals surface area contributed by atoms with Crippen molar-refractivity contribution in [3.05, 3.63) is 77.5 Å². The van der Waals surface area contributed by atoms with Crippen LogP contribution >= 0.6 is 0 Å². The molecule has 0 unspecified atom stereocenters. The smallest absolute Gasteiger partial charge is 0.264 e. The molecule has 2 aromatic heterocycles. The van der Waals surface area contributed by atoms with Crippen LogP contribution in [0.25, 0.3) is 16.7 Å². The quantitative estimate of drug-likeness (QED) is 0.501. The van der Waals surface area contributed by atoms with Crippen LogP contribution in [0.4, 0.5) is 11.4 Å². The SMILES string of the molecule is CCN(CC)c1ccc(NC(=O)Cn2cnc3c(cnn3-c3ccccc3)c2=O)cc1. The molecule has 1 N–H and O–H groups in total. The Balaban J connectivity index is 1.50. The van der Waals surface area contributed by atoms with Crippen LogP contribution in [-0.2, 0) is 11.3 Å². The number of nitrogens with zero attached hydrogens (tertiary/aromatic N) is 5. The first-order valence-electron chi connectivity index (χ1n) is 10.2. The number of hydrogen-bond acceptors (Lipinski definition) is 5. The number of carbonyl (C=O) groups excluding carboxylic acids is 1. The average molecular weight is 416 g/mol. The van der Waals surface area contributed by atoms with E-state index in [0.29, 0.717) is 16.7 Å². The Bertz CT molecular complexity index is 1240. The monoisotopic (exact) mass is 416 g/mol. The molecule has 8 nitrogen and oxygen atoms in total. The lowest BCUT2D eigenvalue weighted by Crippen LogP contribution is -2.28. The Hall–Kier alpha value is -3.94. The number of nitrogens with one attached hydrogen (secondary N) is 1. The lowest BCUT2D eigenvalue weighted by atomic mass is 10.2. The average Bonchev–Trinajstić information content (AvgIpc) is 3.23. The van der Waals surface area contributed by atoms with Crippen molar-refractivity contribution in [3.8, 4) is 5.69 Å². The van der Waals surface area contributed by atoms with E-state index in [4.69, 9.17) is 0 Å². The van der Waals surface area contributed by atoms with Gasteiger partial charge >= 0.3 is 0 Å². The summed E-state index contributed by atoms with van der Waals surface area (Å²) in [4.78, 5) is 31.9. The molecule has 4 aromatic rings. The Kier molecular flexibility index (Phi) is 5.79. The highest BCUT2D eigenvalue weighted by Gasteiger charge is 2.13. The Morgan fingerprint density at radius 3 is 2.42 bits per heavy atom. The van der Waals surface area contributed by atoms with Crippen molar-refractivity contribution in [2.24, 2.45) is 0 Å². The third-order valence-electron chi connectivity index (χ3n) is 5.15. The Morgan fingerprint density at radius 1 is 1.03 bits per heavy atom. The summed E-state index contributed by atoms with van der Waals surface area (Å²) in [5.74, 6) is -0.297. The molecule has 0 spiro atoms. The predicted octanol–water partition coefficient (Wildman–Crippen LogP) is 3.07. The second kappa shape index (κ2) is 8.83. The molecule has 2 heterocycles. The zero-order chi connectivity index (χ0) is 21.8. The normalized spacial score (nSPS) is 10.9. The molecule has 0 atom stereocenters. The van der Waals surface area contributed by atoms with Gasteiger partial charge in [0.05, 0.1) is 11.9 Å². The number of anilines is 2. The van der Waals surface area contributed by atoms with E-state index in [1.54, 1.807) is 4.68 Å². The molecule has 4 rings (SSSR count). The van der Waals surface area contributed by atoms with E-state index in [1.165, 1.54) is 17.1 Å². The molecular formula is C23H24N6O2. The molecular weight excluding hydrogens is 392 g/mol. The number of hydrogen-bond donors (Lipinski definition) is 1. The number of aromatic nitrogens is 4. The molecule has 0 aliphatic heterocycles. The Labute approximate surface area is 179 Å². The van der Waals surface area contributed by atoms with E-state index >= 15 is 0 Å². The molecule has 0 aliphatic rings. The molecule has 8 heteroatoms. The zero-order valence-corrected chi connectivity index (χ0v) is 17.5. The minimum absolute atomic E-state index is 0.129. The molecule has 0 radical (unpaired) electrons. The Morgan fingerprint density at radius 2 is 1.74 bits per heavy atom. The summed E-state index contributed by atoms with van der Waals surface area (Å²) < 4.78 is 2.90. The number of para-hydroxylation sites is 1. The van der Waals surface area contributed by atoms with Gasteiger partial charge in [-0.2, -0.15) is 5.10 Å². The van der Waals surface area contributed by atoms with Crippen molar-refractivity contribution >= 4 is 28.3 Å². The van der Waals surface area contributed by atoms with Crippen molar-refractivity contribution in [1.29, 1.82) is 0 Å². The first kappa shape index (κ1) is 20.3. The fraction of sp³-hybridized carbons (Fsp3) is 0.217. The van der Waals surface area contributed by atoms with E-state index in [2.05, 4.69) is 34.1 Å². The molecule has 0 saturated heterocycles. The number of rotatable bonds is 7. The molecule has 1 amide bonds. The highest BCUT2D eigenvalue weighted by molar-refractivity contribution is 5.91. The van der Waals surface area contributed by atoms with Gasteiger partial charge in [-0.1, -0.05) is 18.2 Å². The summed E-state index contributed by atoms with van der Waals surface area (Å²) in [5, 5.41) is 7.48. The van der Waals surface area contributed by atoms with E-state index < -0.39 is 0 Å². The van der Waals surface area contributed by atoms with Crippen molar-refractivity contribution in [3.63, 3.8) is 0 Å². The van der Waals surface area contributed by atoms with Gasteiger partial charge in [0.2, 0.25) is 5.91 Å². The third kappa shape index (κ3) is 4.18. The fourth-order valence-corrected chi connectivity index (χ4v) is 3.52. The second-order valence-corrected chi connectivity index (χ2v) is 7.07. The summed E-state index contributed by atoms with van der Waals surface area (Å²) >= 11 is 0. The van der Waals surface area contributed by atoms with Gasteiger partial charge in [-0.15, -0.1) is 0 Å². The van der Waals surface area contributed by atoms with Gasteiger partial charge in [0, 0.05) is 24.5 Å². The maximum atomic E-state index is 12.8. The summed E-state index contributed by atoms with van der Waals surface area (Å²) in [6.45, 7) is 5.91. The van der Waals surface area contributed by atoms with Crippen LogP contribution in [0.5, 0.6) is 0 Å². The molecule has 2 aromatic carbocycles.